The zero-order valence-corrected chi connectivity index (χ0v) is 6.87. The molecule has 0 aromatic heterocycles. The van der Waals surface area contributed by atoms with Crippen LogP contribution in [0, 0.1) is 0 Å². The van der Waals surface area contributed by atoms with Crippen molar-refractivity contribution in [2.45, 2.75) is 0 Å². The minimum atomic E-state index is -3.67. The van der Waals surface area contributed by atoms with E-state index in [1.165, 1.54) is 18.8 Å². The summed E-state index contributed by atoms with van der Waals surface area (Å²) in [5, 5.41) is 4.67. The standard InChI is InChI=1S/C5H8N2O4S/c6-12(8,9)7-3-5-4-10-1-2-11-5/h1-2,4,7H,3H2,(H2,6,8,9). The molecule has 0 spiro atoms. The maximum absolute atomic E-state index is 10.4. The summed E-state index contributed by atoms with van der Waals surface area (Å²) < 4.78 is 32.4. The molecule has 3 N–H and O–H groups in total. The fourth-order valence-electron chi connectivity index (χ4n) is 0.545. The first-order valence-corrected chi connectivity index (χ1v) is 4.56. The number of hydrogen-bond acceptors (Lipinski definition) is 4. The van der Waals surface area contributed by atoms with Crippen molar-refractivity contribution in [3.63, 3.8) is 0 Å². The van der Waals surface area contributed by atoms with Gasteiger partial charge in [-0.15, -0.1) is 0 Å². The summed E-state index contributed by atoms with van der Waals surface area (Å²) in [5.74, 6) is 0.339. The first kappa shape index (κ1) is 9.04. The maximum Gasteiger partial charge on any atom is 0.274 e. The molecule has 0 aromatic rings. The van der Waals surface area contributed by atoms with E-state index in [1.807, 2.05) is 4.72 Å². The van der Waals surface area contributed by atoms with Gasteiger partial charge in [0.15, 0.2) is 5.76 Å². The van der Waals surface area contributed by atoms with Crippen LogP contribution in [0.4, 0.5) is 0 Å². The van der Waals surface area contributed by atoms with Crippen LogP contribution >= 0.6 is 0 Å². The van der Waals surface area contributed by atoms with E-state index in [2.05, 4.69) is 5.14 Å². The van der Waals surface area contributed by atoms with Crippen molar-refractivity contribution in [3.05, 3.63) is 24.5 Å². The lowest BCUT2D eigenvalue weighted by Crippen LogP contribution is -2.32. The second kappa shape index (κ2) is 3.57. The Morgan fingerprint density at radius 3 is 2.75 bits per heavy atom. The third-order valence-electron chi connectivity index (χ3n) is 1.00. The molecule has 0 fully saturated rings. The summed E-state index contributed by atoms with van der Waals surface area (Å²) in [6, 6.07) is 0. The molecular formula is C5H8N2O4S. The van der Waals surface area contributed by atoms with E-state index in [4.69, 9.17) is 9.47 Å². The van der Waals surface area contributed by atoms with Gasteiger partial charge in [0.1, 0.15) is 18.8 Å². The van der Waals surface area contributed by atoms with Gasteiger partial charge in [-0.1, -0.05) is 0 Å². The van der Waals surface area contributed by atoms with Crippen LogP contribution in [-0.2, 0) is 19.7 Å². The van der Waals surface area contributed by atoms with Crippen molar-refractivity contribution < 1.29 is 17.9 Å². The van der Waals surface area contributed by atoms with Crippen LogP contribution in [-0.4, -0.2) is 15.0 Å². The van der Waals surface area contributed by atoms with Crippen molar-refractivity contribution in [1.82, 2.24) is 4.72 Å². The van der Waals surface area contributed by atoms with Gasteiger partial charge in [0.2, 0.25) is 0 Å². The second-order valence-corrected chi connectivity index (χ2v) is 3.36. The third-order valence-corrected chi connectivity index (χ3v) is 1.55. The van der Waals surface area contributed by atoms with Crippen molar-refractivity contribution in [2.75, 3.05) is 6.54 Å². The SMILES string of the molecule is NS(=O)(=O)NCC1=COC=CO1. The van der Waals surface area contributed by atoms with Crippen LogP contribution in [0.5, 0.6) is 0 Å². The Morgan fingerprint density at radius 1 is 1.50 bits per heavy atom. The van der Waals surface area contributed by atoms with E-state index in [0.29, 0.717) is 5.76 Å². The minimum absolute atomic E-state index is 0.0246. The van der Waals surface area contributed by atoms with Gasteiger partial charge in [0.25, 0.3) is 10.2 Å². The molecule has 0 bridgehead atoms. The Balaban J connectivity index is 2.38. The number of rotatable bonds is 3. The van der Waals surface area contributed by atoms with E-state index < -0.39 is 10.2 Å². The lowest BCUT2D eigenvalue weighted by Gasteiger charge is -2.09. The smallest absolute Gasteiger partial charge is 0.274 e. The Hall–Kier alpha value is -1.05. The average molecular weight is 192 g/mol. The quantitative estimate of drug-likeness (QED) is 0.608. The van der Waals surface area contributed by atoms with Crippen LogP contribution in [0.1, 0.15) is 0 Å². The molecule has 7 heteroatoms. The average Bonchev–Trinajstić information content (AvgIpc) is 2.02. The predicted octanol–water partition coefficient (Wildman–Crippen LogP) is -0.861. The van der Waals surface area contributed by atoms with Crippen molar-refractivity contribution >= 4 is 10.2 Å². The van der Waals surface area contributed by atoms with Gasteiger partial charge >= 0.3 is 0 Å². The van der Waals surface area contributed by atoms with Gasteiger partial charge in [-0.05, 0) is 0 Å². The highest BCUT2D eigenvalue weighted by molar-refractivity contribution is 7.87. The summed E-state index contributed by atoms with van der Waals surface area (Å²) in [7, 11) is -3.67. The zero-order valence-electron chi connectivity index (χ0n) is 6.06. The summed E-state index contributed by atoms with van der Waals surface area (Å²) in [6.45, 7) is -0.0246. The van der Waals surface area contributed by atoms with Crippen molar-refractivity contribution in [2.24, 2.45) is 5.14 Å². The highest BCUT2D eigenvalue weighted by atomic mass is 32.2. The van der Waals surface area contributed by atoms with Gasteiger partial charge in [-0.3, -0.25) is 0 Å². The van der Waals surface area contributed by atoms with Crippen LogP contribution in [0.15, 0.2) is 24.5 Å². The van der Waals surface area contributed by atoms with Crippen molar-refractivity contribution in [3.8, 4) is 0 Å². The Labute approximate surface area is 69.8 Å². The van der Waals surface area contributed by atoms with Crippen LogP contribution < -0.4 is 9.86 Å². The molecule has 6 nitrogen and oxygen atoms in total. The molecule has 0 atom stereocenters. The number of ether oxygens (including phenoxy) is 2. The van der Waals surface area contributed by atoms with E-state index >= 15 is 0 Å². The molecule has 0 aliphatic carbocycles. The molecule has 1 heterocycles. The molecule has 1 aliphatic rings. The summed E-state index contributed by atoms with van der Waals surface area (Å²) in [4.78, 5) is 0. The predicted molar refractivity (Wildman–Crippen MR) is 40.5 cm³/mol. The molecule has 12 heavy (non-hydrogen) atoms. The molecule has 68 valence electrons. The third kappa shape index (κ3) is 3.37. The Bertz CT molecular complexity index is 305. The first-order chi connectivity index (χ1) is 5.58. The van der Waals surface area contributed by atoms with Gasteiger partial charge in [-0.2, -0.15) is 13.1 Å². The van der Waals surface area contributed by atoms with Gasteiger partial charge in [-0.25, -0.2) is 5.14 Å². The van der Waals surface area contributed by atoms with E-state index in [0.717, 1.165) is 0 Å². The van der Waals surface area contributed by atoms with Crippen LogP contribution in [0.2, 0.25) is 0 Å². The topological polar surface area (TPSA) is 90.7 Å². The Morgan fingerprint density at radius 2 is 2.25 bits per heavy atom. The summed E-state index contributed by atoms with van der Waals surface area (Å²) >= 11 is 0. The molecular weight excluding hydrogens is 184 g/mol. The fourth-order valence-corrected chi connectivity index (χ4v) is 0.889. The summed E-state index contributed by atoms with van der Waals surface area (Å²) in [6.07, 6.45) is 3.89. The minimum Gasteiger partial charge on any atom is -0.466 e. The molecule has 0 radical (unpaired) electrons. The Kier molecular flexibility index (Phi) is 2.69. The highest BCUT2D eigenvalue weighted by Gasteiger charge is 2.05. The van der Waals surface area contributed by atoms with E-state index in [1.54, 1.807) is 0 Å². The summed E-state index contributed by atoms with van der Waals surface area (Å²) in [5.41, 5.74) is 0. The molecule has 0 saturated heterocycles. The van der Waals surface area contributed by atoms with Gasteiger partial charge in [0, 0.05) is 0 Å². The number of hydrogen-bond donors (Lipinski definition) is 2. The fraction of sp³-hybridized carbons (Fsp3) is 0.200. The normalized spacial score (nSPS) is 16.2. The van der Waals surface area contributed by atoms with Gasteiger partial charge in [0.05, 0.1) is 6.54 Å². The largest absolute Gasteiger partial charge is 0.466 e. The lowest BCUT2D eigenvalue weighted by molar-refractivity contribution is 0.252. The zero-order chi connectivity index (χ0) is 9.03. The molecule has 1 rings (SSSR count). The number of nitrogens with one attached hydrogen (secondary N) is 1. The molecule has 0 unspecified atom stereocenters. The molecule has 1 aliphatic heterocycles. The number of nitrogens with two attached hydrogens (primary N) is 1. The lowest BCUT2D eigenvalue weighted by atomic mass is 10.5. The van der Waals surface area contributed by atoms with Crippen LogP contribution in [0.25, 0.3) is 0 Å². The van der Waals surface area contributed by atoms with Crippen molar-refractivity contribution in [1.29, 1.82) is 0 Å². The van der Waals surface area contributed by atoms with Crippen LogP contribution in [0.3, 0.4) is 0 Å². The van der Waals surface area contributed by atoms with E-state index in [-0.39, 0.29) is 6.54 Å². The molecule has 0 amide bonds. The second-order valence-electron chi connectivity index (χ2n) is 1.98. The van der Waals surface area contributed by atoms with Gasteiger partial charge < -0.3 is 9.47 Å². The van der Waals surface area contributed by atoms with E-state index in [9.17, 15) is 8.42 Å². The first-order valence-electron chi connectivity index (χ1n) is 3.01. The highest BCUT2D eigenvalue weighted by Crippen LogP contribution is 2.03. The molecule has 0 saturated carbocycles. The monoisotopic (exact) mass is 192 g/mol. The molecule has 0 aromatic carbocycles. The maximum atomic E-state index is 10.4.